The van der Waals surface area contributed by atoms with Gasteiger partial charge in [-0.2, -0.15) is 0 Å². The minimum Gasteiger partial charge on any atom is -0.208 e. The summed E-state index contributed by atoms with van der Waals surface area (Å²) in [5.41, 5.74) is 6.80. The third kappa shape index (κ3) is 4.62. The number of hydrogen-bond acceptors (Lipinski definition) is 3. The Morgan fingerprint density at radius 3 is 1.27 bits per heavy atom. The summed E-state index contributed by atoms with van der Waals surface area (Å²) >= 11 is 0. The van der Waals surface area contributed by atoms with E-state index in [-0.39, 0.29) is 0 Å². The number of hydrogen-bond donors (Lipinski definition) is 0. The van der Waals surface area contributed by atoms with E-state index >= 15 is 0 Å². The topological polar surface area (TPSA) is 38.7 Å². The highest BCUT2D eigenvalue weighted by Gasteiger charge is 2.12. The van der Waals surface area contributed by atoms with Gasteiger partial charge in [-0.1, -0.05) is 97.3 Å². The maximum absolute atomic E-state index is 4.82. The molecule has 0 saturated heterocycles. The number of aryl methyl sites for hydroxylation is 3. The molecule has 0 bridgehead atoms. The zero-order valence-electron chi connectivity index (χ0n) is 17.9. The van der Waals surface area contributed by atoms with Gasteiger partial charge in [0.25, 0.3) is 0 Å². The molecule has 0 atom stereocenters. The molecule has 0 radical (unpaired) electrons. The summed E-state index contributed by atoms with van der Waals surface area (Å²) < 4.78 is 0. The number of rotatable bonds is 6. The van der Waals surface area contributed by atoms with Crippen molar-refractivity contribution in [2.45, 2.75) is 40.0 Å². The van der Waals surface area contributed by atoms with Gasteiger partial charge in [0.2, 0.25) is 0 Å². The van der Waals surface area contributed by atoms with Crippen LogP contribution in [0.25, 0.3) is 34.2 Å². The molecule has 0 aliphatic rings. The van der Waals surface area contributed by atoms with Crippen molar-refractivity contribution in [3.05, 3.63) is 89.5 Å². The Hall–Kier alpha value is -3.33. The van der Waals surface area contributed by atoms with Crippen molar-refractivity contribution in [2.75, 3.05) is 0 Å². The molecule has 0 saturated carbocycles. The van der Waals surface area contributed by atoms with E-state index in [1.54, 1.807) is 0 Å². The highest BCUT2D eigenvalue weighted by atomic mass is 15.0. The number of unbranched alkanes of at least 4 members (excludes halogenated alkanes) is 1. The first-order chi connectivity index (χ1) is 14.6. The third-order valence-corrected chi connectivity index (χ3v) is 5.29. The Labute approximate surface area is 178 Å². The molecule has 30 heavy (non-hydrogen) atoms. The summed E-state index contributed by atoms with van der Waals surface area (Å²) in [4.78, 5) is 14.4. The van der Waals surface area contributed by atoms with Gasteiger partial charge < -0.3 is 0 Å². The largest absolute Gasteiger partial charge is 0.208 e. The fourth-order valence-electron chi connectivity index (χ4n) is 3.37. The number of aromatic nitrogens is 3. The van der Waals surface area contributed by atoms with Gasteiger partial charge in [0.15, 0.2) is 17.5 Å². The molecule has 150 valence electrons. The van der Waals surface area contributed by atoms with E-state index in [4.69, 9.17) is 15.0 Å². The second kappa shape index (κ2) is 9.00. The van der Waals surface area contributed by atoms with E-state index in [9.17, 15) is 0 Å². The first-order valence-electron chi connectivity index (χ1n) is 10.6. The molecule has 0 unspecified atom stereocenters. The van der Waals surface area contributed by atoms with E-state index < -0.39 is 0 Å². The molecule has 3 aromatic carbocycles. The SMILES string of the molecule is CCCCc1ccc(-c2nc(-c3ccc(C)cc3)nc(-c3ccc(C)cc3)n2)cc1. The smallest absolute Gasteiger partial charge is 0.164 e. The van der Waals surface area contributed by atoms with Crippen molar-refractivity contribution in [3.63, 3.8) is 0 Å². The zero-order valence-corrected chi connectivity index (χ0v) is 17.9. The minimum absolute atomic E-state index is 0.700. The second-order valence-electron chi connectivity index (χ2n) is 7.84. The van der Waals surface area contributed by atoms with Gasteiger partial charge in [-0.3, -0.25) is 0 Å². The molecule has 0 fully saturated rings. The quantitative estimate of drug-likeness (QED) is 0.360. The van der Waals surface area contributed by atoms with Crippen molar-refractivity contribution >= 4 is 0 Å². The molecule has 4 aromatic rings. The van der Waals surface area contributed by atoms with Gasteiger partial charge in [-0.15, -0.1) is 0 Å². The van der Waals surface area contributed by atoms with Crippen molar-refractivity contribution in [2.24, 2.45) is 0 Å². The lowest BCUT2D eigenvalue weighted by molar-refractivity contribution is 0.795. The molecule has 0 spiro atoms. The van der Waals surface area contributed by atoms with Gasteiger partial charge in [0.1, 0.15) is 0 Å². The van der Waals surface area contributed by atoms with Gasteiger partial charge in [-0.25, -0.2) is 15.0 Å². The first kappa shape index (κ1) is 20.0. The van der Waals surface area contributed by atoms with E-state index in [0.717, 1.165) is 23.1 Å². The van der Waals surface area contributed by atoms with E-state index in [2.05, 4.69) is 93.6 Å². The Bertz CT molecular complexity index is 1050. The molecule has 3 heteroatoms. The minimum atomic E-state index is 0.700. The highest BCUT2D eigenvalue weighted by molar-refractivity contribution is 5.66. The van der Waals surface area contributed by atoms with E-state index in [0.29, 0.717) is 17.5 Å². The molecule has 0 amide bonds. The van der Waals surface area contributed by atoms with Crippen molar-refractivity contribution in [1.82, 2.24) is 15.0 Å². The summed E-state index contributed by atoms with van der Waals surface area (Å²) in [5, 5.41) is 0. The van der Waals surface area contributed by atoms with Crippen molar-refractivity contribution < 1.29 is 0 Å². The lowest BCUT2D eigenvalue weighted by Crippen LogP contribution is -2.00. The molecular formula is C27H27N3. The van der Waals surface area contributed by atoms with Crippen LogP contribution < -0.4 is 0 Å². The van der Waals surface area contributed by atoms with Gasteiger partial charge >= 0.3 is 0 Å². The number of nitrogens with zero attached hydrogens (tertiary/aromatic N) is 3. The fourth-order valence-corrected chi connectivity index (χ4v) is 3.37. The monoisotopic (exact) mass is 393 g/mol. The lowest BCUT2D eigenvalue weighted by atomic mass is 10.1. The molecule has 0 aliphatic heterocycles. The van der Waals surface area contributed by atoms with Gasteiger partial charge in [0.05, 0.1) is 0 Å². The fraction of sp³-hybridized carbons (Fsp3) is 0.222. The summed E-state index contributed by atoms with van der Waals surface area (Å²) in [7, 11) is 0. The molecule has 1 heterocycles. The van der Waals surface area contributed by atoms with Crippen molar-refractivity contribution in [3.8, 4) is 34.2 Å². The van der Waals surface area contributed by atoms with Crippen LogP contribution in [-0.2, 0) is 6.42 Å². The van der Waals surface area contributed by atoms with Gasteiger partial charge in [0, 0.05) is 16.7 Å². The van der Waals surface area contributed by atoms with E-state index in [1.165, 1.54) is 29.5 Å². The standard InChI is InChI=1S/C27H27N3/c1-4-5-6-21-11-17-24(18-12-21)27-29-25(22-13-7-19(2)8-14-22)28-26(30-27)23-15-9-20(3)10-16-23/h7-18H,4-6H2,1-3H3. The zero-order chi connectivity index (χ0) is 20.9. The normalized spacial score (nSPS) is 10.9. The Kier molecular flexibility index (Phi) is 5.99. The van der Waals surface area contributed by atoms with Gasteiger partial charge in [-0.05, 0) is 32.3 Å². The van der Waals surface area contributed by atoms with Crippen LogP contribution in [0.2, 0.25) is 0 Å². The summed E-state index contributed by atoms with van der Waals surface area (Å²) in [6, 6.07) is 25.3. The van der Waals surface area contributed by atoms with E-state index in [1.807, 2.05) is 0 Å². The van der Waals surface area contributed by atoms with Crippen LogP contribution in [0.4, 0.5) is 0 Å². The Balaban J connectivity index is 1.78. The Morgan fingerprint density at radius 1 is 0.533 bits per heavy atom. The molecule has 1 aromatic heterocycles. The molecular weight excluding hydrogens is 366 g/mol. The summed E-state index contributed by atoms with van der Waals surface area (Å²) in [5.74, 6) is 2.11. The average molecular weight is 394 g/mol. The molecule has 0 aliphatic carbocycles. The molecule has 3 nitrogen and oxygen atoms in total. The highest BCUT2D eigenvalue weighted by Crippen LogP contribution is 2.25. The third-order valence-electron chi connectivity index (χ3n) is 5.29. The van der Waals surface area contributed by atoms with Crippen LogP contribution in [0, 0.1) is 13.8 Å². The molecule has 0 N–H and O–H groups in total. The second-order valence-corrected chi connectivity index (χ2v) is 7.84. The maximum atomic E-state index is 4.82. The van der Waals surface area contributed by atoms with Crippen LogP contribution in [0.1, 0.15) is 36.5 Å². The summed E-state index contributed by atoms with van der Waals surface area (Å²) in [6.07, 6.45) is 3.52. The maximum Gasteiger partial charge on any atom is 0.164 e. The van der Waals surface area contributed by atoms with Crippen molar-refractivity contribution in [1.29, 1.82) is 0 Å². The molecule has 4 rings (SSSR count). The first-order valence-corrected chi connectivity index (χ1v) is 10.6. The predicted octanol–water partition coefficient (Wildman–Crippen LogP) is 6.83. The summed E-state index contributed by atoms with van der Waals surface area (Å²) in [6.45, 7) is 6.39. The van der Waals surface area contributed by atoms with Crippen LogP contribution in [-0.4, -0.2) is 15.0 Å². The van der Waals surface area contributed by atoms with Crippen LogP contribution in [0.5, 0.6) is 0 Å². The van der Waals surface area contributed by atoms with Crippen LogP contribution in [0.15, 0.2) is 72.8 Å². The predicted molar refractivity (Wildman–Crippen MR) is 124 cm³/mol. The Morgan fingerprint density at radius 2 is 0.900 bits per heavy atom. The lowest BCUT2D eigenvalue weighted by Gasteiger charge is -2.09. The average Bonchev–Trinajstić information content (AvgIpc) is 2.79. The van der Waals surface area contributed by atoms with Crippen LogP contribution >= 0.6 is 0 Å². The van der Waals surface area contributed by atoms with Crippen LogP contribution in [0.3, 0.4) is 0 Å². The number of benzene rings is 3.